The van der Waals surface area contributed by atoms with Crippen LogP contribution in [-0.2, 0) is 10.4 Å². The number of halogens is 5. The van der Waals surface area contributed by atoms with Gasteiger partial charge >= 0.3 is 6.18 Å². The number of hydroxylamine groups is 1. The summed E-state index contributed by atoms with van der Waals surface area (Å²) in [4.78, 5) is 7.92. The molecular weight excluding hydrogens is 440 g/mol. The van der Waals surface area contributed by atoms with E-state index in [-0.39, 0.29) is 21.3 Å². The molecule has 0 amide bonds. The fraction of sp³-hybridized carbons (Fsp3) is 0.100. The third-order valence-electron chi connectivity index (χ3n) is 4.73. The average Bonchev–Trinajstić information content (AvgIpc) is 3.14. The molecule has 3 aromatic rings. The maximum absolute atomic E-state index is 14.2. The van der Waals surface area contributed by atoms with E-state index in [4.69, 9.17) is 33.6 Å². The molecule has 0 bridgehead atoms. The van der Waals surface area contributed by atoms with Crippen LogP contribution in [0.1, 0.15) is 11.1 Å². The Hall–Kier alpha value is -2.90. The Bertz CT molecular complexity index is 1220. The Balaban J connectivity index is 1.93. The van der Waals surface area contributed by atoms with Gasteiger partial charge in [-0.1, -0.05) is 64.7 Å². The Morgan fingerprint density at radius 2 is 1.67 bits per heavy atom. The van der Waals surface area contributed by atoms with Gasteiger partial charge in [-0.25, -0.2) is 0 Å². The number of rotatable bonds is 3. The van der Waals surface area contributed by atoms with Gasteiger partial charge in [-0.3, -0.25) is 10.3 Å². The van der Waals surface area contributed by atoms with E-state index in [1.54, 1.807) is 30.3 Å². The summed E-state index contributed by atoms with van der Waals surface area (Å²) in [6.07, 6.45) is -3.86. The Morgan fingerprint density at radius 3 is 2.30 bits per heavy atom. The SMILES string of the molecule is [N-]=[N+]=Nc1ccc(C2=CC(c3cc(Cl)cc(Cl)c3)(C(F)(F)F)ON2)c2ccccc12. The molecule has 1 atom stereocenters. The predicted molar refractivity (Wildman–Crippen MR) is 109 cm³/mol. The lowest BCUT2D eigenvalue weighted by atomic mass is 9.90. The molecule has 1 unspecified atom stereocenters. The molecule has 30 heavy (non-hydrogen) atoms. The van der Waals surface area contributed by atoms with Crippen molar-refractivity contribution in [3.63, 3.8) is 0 Å². The minimum Gasteiger partial charge on any atom is -0.265 e. The van der Waals surface area contributed by atoms with Gasteiger partial charge in [0.15, 0.2) is 0 Å². The molecule has 5 nitrogen and oxygen atoms in total. The molecule has 10 heteroatoms. The van der Waals surface area contributed by atoms with E-state index < -0.39 is 11.8 Å². The summed E-state index contributed by atoms with van der Waals surface area (Å²) in [6, 6.07) is 13.6. The quantitative estimate of drug-likeness (QED) is 0.256. The van der Waals surface area contributed by atoms with Crippen LogP contribution in [0.25, 0.3) is 26.9 Å². The molecule has 0 saturated heterocycles. The maximum Gasteiger partial charge on any atom is 0.428 e. The summed E-state index contributed by atoms with van der Waals surface area (Å²) in [5, 5.41) is 4.92. The lowest BCUT2D eigenvalue weighted by Gasteiger charge is -2.28. The molecule has 1 aliphatic heterocycles. The molecule has 3 aromatic carbocycles. The second-order valence-electron chi connectivity index (χ2n) is 6.52. The zero-order chi connectivity index (χ0) is 21.5. The van der Waals surface area contributed by atoms with Gasteiger partial charge in [0.05, 0.1) is 5.70 Å². The number of benzene rings is 3. The number of nitrogens with zero attached hydrogens (tertiary/aromatic N) is 3. The van der Waals surface area contributed by atoms with Crippen LogP contribution >= 0.6 is 23.2 Å². The van der Waals surface area contributed by atoms with Crippen LogP contribution in [0.4, 0.5) is 18.9 Å². The lowest BCUT2D eigenvalue weighted by Crippen LogP contribution is -2.42. The summed E-state index contributed by atoms with van der Waals surface area (Å²) in [6.45, 7) is 0. The molecule has 1 heterocycles. The molecule has 0 fully saturated rings. The lowest BCUT2D eigenvalue weighted by molar-refractivity contribution is -0.269. The molecule has 0 aromatic heterocycles. The molecule has 0 aliphatic carbocycles. The number of fused-ring (bicyclic) bond motifs is 1. The van der Waals surface area contributed by atoms with Crippen molar-refractivity contribution in [3.05, 3.63) is 92.3 Å². The predicted octanol–water partition coefficient (Wildman–Crippen LogP) is 7.42. The smallest absolute Gasteiger partial charge is 0.265 e. The Kier molecular flexibility index (Phi) is 5.03. The molecule has 0 radical (unpaired) electrons. The van der Waals surface area contributed by atoms with Crippen molar-refractivity contribution in [2.75, 3.05) is 0 Å². The third kappa shape index (κ3) is 3.34. The van der Waals surface area contributed by atoms with E-state index in [1.165, 1.54) is 12.1 Å². The first kappa shape index (κ1) is 20.4. The van der Waals surface area contributed by atoms with Gasteiger partial charge in [0.1, 0.15) is 0 Å². The largest absolute Gasteiger partial charge is 0.428 e. The minimum absolute atomic E-state index is 0.0516. The van der Waals surface area contributed by atoms with Gasteiger partial charge < -0.3 is 0 Å². The van der Waals surface area contributed by atoms with Gasteiger partial charge in [-0.05, 0) is 40.6 Å². The van der Waals surface area contributed by atoms with Gasteiger partial charge in [0, 0.05) is 31.8 Å². The van der Waals surface area contributed by atoms with E-state index in [0.29, 0.717) is 22.0 Å². The van der Waals surface area contributed by atoms with E-state index in [9.17, 15) is 13.2 Å². The van der Waals surface area contributed by atoms with Crippen molar-refractivity contribution in [3.8, 4) is 0 Å². The van der Waals surface area contributed by atoms with Gasteiger partial charge in [-0.2, -0.15) is 13.2 Å². The number of nitrogens with one attached hydrogen (secondary N) is 1. The highest BCUT2D eigenvalue weighted by Crippen LogP contribution is 2.49. The van der Waals surface area contributed by atoms with Crippen LogP contribution in [0.15, 0.2) is 65.8 Å². The molecule has 0 saturated carbocycles. The third-order valence-corrected chi connectivity index (χ3v) is 5.16. The topological polar surface area (TPSA) is 70.0 Å². The summed E-state index contributed by atoms with van der Waals surface area (Å²) < 4.78 is 42.5. The minimum atomic E-state index is -4.81. The van der Waals surface area contributed by atoms with Crippen LogP contribution in [0.5, 0.6) is 0 Å². The molecule has 4 rings (SSSR count). The van der Waals surface area contributed by atoms with Crippen molar-refractivity contribution < 1.29 is 18.0 Å². The summed E-state index contributed by atoms with van der Waals surface area (Å²) in [7, 11) is 0. The number of alkyl halides is 3. The molecule has 1 N–H and O–H groups in total. The maximum atomic E-state index is 14.2. The average molecular weight is 451 g/mol. The van der Waals surface area contributed by atoms with Crippen LogP contribution in [0.2, 0.25) is 10.0 Å². The standard InChI is InChI=1S/C20H11Cl2F3N4O/c21-12-7-11(8-13(22)9-12)19(20(23,24)25)10-18(28-30-19)16-5-6-17(27-29-26)15-4-2-1-3-14(15)16/h1-10,28H. The van der Waals surface area contributed by atoms with Crippen LogP contribution in [0, 0.1) is 0 Å². The Labute approximate surface area is 178 Å². The summed E-state index contributed by atoms with van der Waals surface area (Å²) in [5.41, 5.74) is 9.02. The van der Waals surface area contributed by atoms with Crippen molar-refractivity contribution >= 4 is 45.4 Å². The first-order valence-electron chi connectivity index (χ1n) is 8.52. The van der Waals surface area contributed by atoms with Gasteiger partial charge in [0.2, 0.25) is 5.60 Å². The molecular formula is C20H11Cl2F3N4O. The van der Waals surface area contributed by atoms with Gasteiger partial charge in [0.25, 0.3) is 0 Å². The monoisotopic (exact) mass is 450 g/mol. The highest BCUT2D eigenvalue weighted by molar-refractivity contribution is 6.34. The van der Waals surface area contributed by atoms with E-state index >= 15 is 0 Å². The van der Waals surface area contributed by atoms with Crippen LogP contribution < -0.4 is 5.48 Å². The van der Waals surface area contributed by atoms with Crippen molar-refractivity contribution in [1.29, 1.82) is 0 Å². The number of azide groups is 1. The van der Waals surface area contributed by atoms with E-state index in [2.05, 4.69) is 15.5 Å². The first-order valence-corrected chi connectivity index (χ1v) is 9.28. The van der Waals surface area contributed by atoms with Crippen LogP contribution in [-0.4, -0.2) is 6.18 Å². The van der Waals surface area contributed by atoms with E-state index in [1.807, 2.05) is 0 Å². The highest BCUT2D eigenvalue weighted by atomic mass is 35.5. The fourth-order valence-corrected chi connectivity index (χ4v) is 3.92. The van der Waals surface area contributed by atoms with Gasteiger partial charge in [-0.15, -0.1) is 0 Å². The Morgan fingerprint density at radius 1 is 1.00 bits per heavy atom. The normalized spacial score (nSPS) is 18.6. The van der Waals surface area contributed by atoms with Crippen molar-refractivity contribution in [1.82, 2.24) is 5.48 Å². The summed E-state index contributed by atoms with van der Waals surface area (Å²) >= 11 is 11.9. The molecule has 1 aliphatic rings. The fourth-order valence-electron chi connectivity index (χ4n) is 3.40. The molecule has 152 valence electrons. The second kappa shape index (κ2) is 7.41. The first-order chi connectivity index (χ1) is 14.2. The number of hydrogen-bond acceptors (Lipinski definition) is 3. The molecule has 0 spiro atoms. The van der Waals surface area contributed by atoms with Crippen LogP contribution in [0.3, 0.4) is 0 Å². The highest BCUT2D eigenvalue weighted by Gasteiger charge is 2.59. The second-order valence-corrected chi connectivity index (χ2v) is 7.39. The van der Waals surface area contributed by atoms with E-state index in [0.717, 1.165) is 18.2 Å². The zero-order valence-electron chi connectivity index (χ0n) is 14.9. The summed E-state index contributed by atoms with van der Waals surface area (Å²) in [5.74, 6) is 0. The van der Waals surface area contributed by atoms with Crippen molar-refractivity contribution in [2.45, 2.75) is 11.8 Å². The zero-order valence-corrected chi connectivity index (χ0v) is 16.4. The number of hydrogen-bond donors (Lipinski definition) is 1. The van der Waals surface area contributed by atoms with Crippen molar-refractivity contribution in [2.24, 2.45) is 5.11 Å².